The number of aromatic nitrogens is 2. The van der Waals surface area contributed by atoms with E-state index in [2.05, 4.69) is 29.0 Å². The number of benzene rings is 1. The molecule has 1 N–H and O–H groups in total. The Morgan fingerprint density at radius 3 is 2.71 bits per heavy atom. The Kier molecular flexibility index (Phi) is 5.69. The Morgan fingerprint density at radius 2 is 2.10 bits per heavy atom. The molecule has 2 aromatic rings. The van der Waals surface area contributed by atoms with Crippen LogP contribution in [-0.2, 0) is 4.74 Å². The van der Waals surface area contributed by atoms with Crippen molar-refractivity contribution in [2.24, 2.45) is 5.92 Å². The molecule has 2 rings (SSSR count). The highest BCUT2D eigenvalue weighted by Crippen LogP contribution is 2.31. The number of ether oxygens (including phenoxy) is 1. The summed E-state index contributed by atoms with van der Waals surface area (Å²) in [5.41, 5.74) is 1.78. The number of nitrogens with one attached hydrogen (secondary N) is 1. The number of carbonyl (C=O) groups is 1. The summed E-state index contributed by atoms with van der Waals surface area (Å²) in [6, 6.07) is 10.2. The maximum Gasteiger partial charge on any atom is 0.181 e. The standard InChI is InChI=1S/C17H22N2O2/c1-13(8-9-21-2)15(14-6-4-3-5-7-14)10-17(20)16-11-18-12-19-16/h3-7,11-13,15H,8-10H2,1-2H3,(H,18,19). The van der Waals surface area contributed by atoms with Gasteiger partial charge in [-0.1, -0.05) is 37.3 Å². The monoisotopic (exact) mass is 286 g/mol. The fourth-order valence-corrected chi connectivity index (χ4v) is 2.57. The summed E-state index contributed by atoms with van der Waals surface area (Å²) in [6.45, 7) is 2.89. The van der Waals surface area contributed by atoms with E-state index in [1.165, 1.54) is 5.56 Å². The highest BCUT2D eigenvalue weighted by atomic mass is 16.5. The SMILES string of the molecule is COCCC(C)C(CC(=O)c1cnc[nH]1)c1ccccc1. The van der Waals surface area contributed by atoms with Gasteiger partial charge in [-0.05, 0) is 23.8 Å². The van der Waals surface area contributed by atoms with E-state index in [4.69, 9.17) is 4.74 Å². The molecule has 1 heterocycles. The van der Waals surface area contributed by atoms with Crippen molar-refractivity contribution in [3.05, 3.63) is 54.1 Å². The lowest BCUT2D eigenvalue weighted by atomic mass is 9.81. The van der Waals surface area contributed by atoms with Gasteiger partial charge in [0, 0.05) is 20.1 Å². The second kappa shape index (κ2) is 7.74. The molecule has 112 valence electrons. The molecule has 0 bridgehead atoms. The van der Waals surface area contributed by atoms with E-state index in [0.29, 0.717) is 24.6 Å². The minimum absolute atomic E-state index is 0.102. The van der Waals surface area contributed by atoms with Gasteiger partial charge in [-0.25, -0.2) is 4.98 Å². The zero-order valence-corrected chi connectivity index (χ0v) is 12.6. The van der Waals surface area contributed by atoms with Crippen LogP contribution in [0.4, 0.5) is 0 Å². The van der Waals surface area contributed by atoms with Crippen molar-refractivity contribution in [1.82, 2.24) is 9.97 Å². The van der Waals surface area contributed by atoms with Crippen molar-refractivity contribution in [3.8, 4) is 0 Å². The fourth-order valence-electron chi connectivity index (χ4n) is 2.57. The van der Waals surface area contributed by atoms with Gasteiger partial charge in [-0.3, -0.25) is 4.79 Å². The molecule has 21 heavy (non-hydrogen) atoms. The molecule has 0 saturated heterocycles. The van der Waals surface area contributed by atoms with Crippen LogP contribution in [0.25, 0.3) is 0 Å². The summed E-state index contributed by atoms with van der Waals surface area (Å²) in [4.78, 5) is 19.2. The summed E-state index contributed by atoms with van der Waals surface area (Å²) >= 11 is 0. The summed E-state index contributed by atoms with van der Waals surface area (Å²) in [5, 5.41) is 0. The van der Waals surface area contributed by atoms with Gasteiger partial charge in [0.15, 0.2) is 5.78 Å². The molecule has 2 atom stereocenters. The van der Waals surface area contributed by atoms with E-state index in [1.54, 1.807) is 19.6 Å². The van der Waals surface area contributed by atoms with Crippen molar-refractivity contribution < 1.29 is 9.53 Å². The molecular weight excluding hydrogens is 264 g/mol. The van der Waals surface area contributed by atoms with E-state index in [9.17, 15) is 4.79 Å². The number of hydrogen-bond donors (Lipinski definition) is 1. The van der Waals surface area contributed by atoms with Crippen LogP contribution in [0.5, 0.6) is 0 Å². The van der Waals surface area contributed by atoms with E-state index < -0.39 is 0 Å². The average molecular weight is 286 g/mol. The van der Waals surface area contributed by atoms with Gasteiger partial charge < -0.3 is 9.72 Å². The first-order valence-electron chi connectivity index (χ1n) is 7.27. The Bertz CT molecular complexity index is 537. The Morgan fingerprint density at radius 1 is 1.33 bits per heavy atom. The number of hydrogen-bond acceptors (Lipinski definition) is 3. The second-order valence-electron chi connectivity index (χ2n) is 5.37. The molecule has 4 nitrogen and oxygen atoms in total. The second-order valence-corrected chi connectivity index (χ2v) is 5.37. The Labute approximate surface area is 125 Å². The number of nitrogens with zero attached hydrogens (tertiary/aromatic N) is 1. The van der Waals surface area contributed by atoms with Crippen LogP contribution in [0.3, 0.4) is 0 Å². The lowest BCUT2D eigenvalue weighted by Crippen LogP contribution is -2.16. The lowest BCUT2D eigenvalue weighted by molar-refractivity contribution is 0.0954. The van der Waals surface area contributed by atoms with Crippen LogP contribution in [0.2, 0.25) is 0 Å². The van der Waals surface area contributed by atoms with Gasteiger partial charge in [0.2, 0.25) is 0 Å². The van der Waals surface area contributed by atoms with Crippen molar-refractivity contribution in [1.29, 1.82) is 0 Å². The molecule has 0 saturated carbocycles. The van der Waals surface area contributed by atoms with Crippen LogP contribution in [-0.4, -0.2) is 29.5 Å². The molecule has 4 heteroatoms. The largest absolute Gasteiger partial charge is 0.385 e. The third kappa shape index (κ3) is 4.26. The molecule has 1 aromatic heterocycles. The normalized spacial score (nSPS) is 13.8. The zero-order chi connectivity index (χ0) is 15.1. The van der Waals surface area contributed by atoms with Crippen molar-refractivity contribution in [2.75, 3.05) is 13.7 Å². The first kappa shape index (κ1) is 15.4. The highest BCUT2D eigenvalue weighted by Gasteiger charge is 2.23. The van der Waals surface area contributed by atoms with Gasteiger partial charge in [-0.2, -0.15) is 0 Å². The number of methoxy groups -OCH3 is 1. The van der Waals surface area contributed by atoms with Gasteiger partial charge in [0.05, 0.1) is 12.5 Å². The van der Waals surface area contributed by atoms with Crippen molar-refractivity contribution >= 4 is 5.78 Å². The highest BCUT2D eigenvalue weighted by molar-refractivity contribution is 5.94. The number of carbonyl (C=O) groups excluding carboxylic acids is 1. The maximum atomic E-state index is 12.4. The maximum absolute atomic E-state index is 12.4. The number of imidazole rings is 1. The quantitative estimate of drug-likeness (QED) is 0.756. The van der Waals surface area contributed by atoms with Gasteiger partial charge in [0.1, 0.15) is 5.69 Å². The van der Waals surface area contributed by atoms with Crippen molar-refractivity contribution in [3.63, 3.8) is 0 Å². The lowest BCUT2D eigenvalue weighted by Gasteiger charge is -2.23. The topological polar surface area (TPSA) is 55.0 Å². The molecule has 0 aliphatic heterocycles. The first-order valence-corrected chi connectivity index (χ1v) is 7.27. The summed E-state index contributed by atoms with van der Waals surface area (Å²) < 4.78 is 5.17. The average Bonchev–Trinajstić information content (AvgIpc) is 3.05. The molecule has 0 fully saturated rings. The van der Waals surface area contributed by atoms with Crippen LogP contribution in [0.15, 0.2) is 42.9 Å². The Hall–Kier alpha value is -1.94. The number of Topliss-reactive ketones (excluding diaryl/α,β-unsaturated/α-hetero) is 1. The third-order valence-corrected chi connectivity index (χ3v) is 3.90. The molecule has 0 aliphatic rings. The summed E-state index contributed by atoms with van der Waals surface area (Å²) in [5.74, 6) is 0.669. The first-order chi connectivity index (χ1) is 10.2. The predicted octanol–water partition coefficient (Wildman–Crippen LogP) is 3.44. The van der Waals surface area contributed by atoms with E-state index in [0.717, 1.165) is 6.42 Å². The number of ketones is 1. The minimum Gasteiger partial charge on any atom is -0.385 e. The molecule has 0 spiro atoms. The number of aromatic amines is 1. The van der Waals surface area contributed by atoms with Crippen LogP contribution in [0.1, 0.15) is 41.7 Å². The predicted molar refractivity (Wildman–Crippen MR) is 82.4 cm³/mol. The Balaban J connectivity index is 2.14. The third-order valence-electron chi connectivity index (χ3n) is 3.90. The van der Waals surface area contributed by atoms with Crippen LogP contribution >= 0.6 is 0 Å². The summed E-state index contributed by atoms with van der Waals surface area (Å²) in [6.07, 6.45) is 4.55. The molecule has 0 aliphatic carbocycles. The molecule has 0 radical (unpaired) electrons. The van der Waals surface area contributed by atoms with Gasteiger partial charge in [-0.15, -0.1) is 0 Å². The number of H-pyrrole nitrogens is 1. The number of rotatable bonds is 8. The van der Waals surface area contributed by atoms with Crippen LogP contribution < -0.4 is 0 Å². The summed E-state index contributed by atoms with van der Waals surface area (Å²) in [7, 11) is 1.71. The van der Waals surface area contributed by atoms with Crippen molar-refractivity contribution in [2.45, 2.75) is 25.7 Å². The van der Waals surface area contributed by atoms with Gasteiger partial charge >= 0.3 is 0 Å². The van der Waals surface area contributed by atoms with E-state index in [1.807, 2.05) is 18.2 Å². The van der Waals surface area contributed by atoms with E-state index >= 15 is 0 Å². The molecule has 1 aromatic carbocycles. The molecule has 2 unspecified atom stereocenters. The smallest absolute Gasteiger partial charge is 0.181 e. The molecule has 0 amide bonds. The fraction of sp³-hybridized carbons (Fsp3) is 0.412. The van der Waals surface area contributed by atoms with Gasteiger partial charge in [0.25, 0.3) is 0 Å². The van der Waals surface area contributed by atoms with Crippen LogP contribution in [0, 0.1) is 5.92 Å². The minimum atomic E-state index is 0.102. The zero-order valence-electron chi connectivity index (χ0n) is 12.6. The van der Waals surface area contributed by atoms with E-state index in [-0.39, 0.29) is 11.7 Å². The molecular formula is C17H22N2O2.